The van der Waals surface area contributed by atoms with Gasteiger partial charge in [0, 0.05) is 25.0 Å². The van der Waals surface area contributed by atoms with Crippen molar-refractivity contribution in [1.82, 2.24) is 4.72 Å². The van der Waals surface area contributed by atoms with E-state index in [1.54, 1.807) is 24.3 Å². The van der Waals surface area contributed by atoms with Crippen molar-refractivity contribution in [2.75, 3.05) is 5.32 Å². The number of carboxylic acid groups (broad SMARTS) is 1. The molecule has 0 bridgehead atoms. The standard InChI is InChI=1S/C20H24N2O6S/c1-13(2)28-17-8-4-15(5-9-17)19(12-20(24)25)22-29(26,27)18-10-6-16(7-11-18)21-14(3)23/h4-11,13,19,22H,12H2,1-3H3,(H,21,23)(H,24,25)/p-1/t19-/m0/s1. The minimum absolute atomic E-state index is 0.0289. The van der Waals surface area contributed by atoms with Gasteiger partial charge in [0.25, 0.3) is 0 Å². The largest absolute Gasteiger partial charge is 0.550 e. The first-order valence-electron chi connectivity index (χ1n) is 8.93. The summed E-state index contributed by atoms with van der Waals surface area (Å²) < 4.78 is 33.4. The van der Waals surface area contributed by atoms with Crippen molar-refractivity contribution in [3.8, 4) is 5.75 Å². The highest BCUT2D eigenvalue weighted by atomic mass is 32.2. The van der Waals surface area contributed by atoms with Gasteiger partial charge in [-0.25, -0.2) is 13.1 Å². The van der Waals surface area contributed by atoms with E-state index in [0.29, 0.717) is 17.0 Å². The van der Waals surface area contributed by atoms with E-state index < -0.39 is 28.5 Å². The number of amides is 1. The summed E-state index contributed by atoms with van der Waals surface area (Å²) in [6, 6.07) is 11.0. The Morgan fingerprint density at radius 3 is 2.10 bits per heavy atom. The van der Waals surface area contributed by atoms with E-state index in [1.807, 2.05) is 13.8 Å². The van der Waals surface area contributed by atoms with Crippen LogP contribution >= 0.6 is 0 Å². The van der Waals surface area contributed by atoms with Gasteiger partial charge in [-0.3, -0.25) is 4.79 Å². The average molecular weight is 419 g/mol. The number of benzene rings is 2. The smallest absolute Gasteiger partial charge is 0.241 e. The molecule has 29 heavy (non-hydrogen) atoms. The third kappa shape index (κ3) is 6.88. The van der Waals surface area contributed by atoms with Crippen molar-refractivity contribution in [2.24, 2.45) is 0 Å². The van der Waals surface area contributed by atoms with Crippen LogP contribution in [0.5, 0.6) is 5.75 Å². The lowest BCUT2D eigenvalue weighted by Gasteiger charge is -2.20. The van der Waals surface area contributed by atoms with Gasteiger partial charge in [0.15, 0.2) is 0 Å². The molecule has 0 aliphatic carbocycles. The van der Waals surface area contributed by atoms with Crippen LogP contribution < -0.4 is 19.9 Å². The lowest BCUT2D eigenvalue weighted by atomic mass is 10.0. The predicted molar refractivity (Wildman–Crippen MR) is 106 cm³/mol. The number of hydrogen-bond acceptors (Lipinski definition) is 6. The molecule has 0 spiro atoms. The zero-order valence-corrected chi connectivity index (χ0v) is 17.2. The van der Waals surface area contributed by atoms with Gasteiger partial charge >= 0.3 is 0 Å². The van der Waals surface area contributed by atoms with E-state index in [1.165, 1.54) is 31.2 Å². The summed E-state index contributed by atoms with van der Waals surface area (Å²) >= 11 is 0. The van der Waals surface area contributed by atoms with E-state index in [4.69, 9.17) is 4.74 Å². The number of ether oxygens (including phenoxy) is 1. The lowest BCUT2D eigenvalue weighted by molar-refractivity contribution is -0.306. The van der Waals surface area contributed by atoms with E-state index in [9.17, 15) is 23.1 Å². The summed E-state index contributed by atoms with van der Waals surface area (Å²) in [6.45, 7) is 5.09. The first-order chi connectivity index (χ1) is 13.6. The van der Waals surface area contributed by atoms with Gasteiger partial charge in [-0.2, -0.15) is 0 Å². The van der Waals surface area contributed by atoms with Gasteiger partial charge in [-0.15, -0.1) is 0 Å². The van der Waals surface area contributed by atoms with Crippen molar-refractivity contribution >= 4 is 27.6 Å². The van der Waals surface area contributed by atoms with Gasteiger partial charge in [0.05, 0.1) is 17.0 Å². The molecule has 0 fully saturated rings. The summed E-state index contributed by atoms with van der Waals surface area (Å²) in [5, 5.41) is 13.7. The first-order valence-corrected chi connectivity index (χ1v) is 10.4. The molecule has 8 nitrogen and oxygen atoms in total. The molecule has 2 N–H and O–H groups in total. The molecular formula is C20H23N2O6S-. The summed E-state index contributed by atoms with van der Waals surface area (Å²) in [4.78, 5) is 22.2. The molecule has 2 aromatic rings. The highest BCUT2D eigenvalue weighted by molar-refractivity contribution is 7.89. The molecule has 0 saturated heterocycles. The second-order valence-electron chi connectivity index (χ2n) is 6.69. The molecule has 1 atom stereocenters. The Bertz CT molecular complexity index is 953. The summed E-state index contributed by atoms with van der Waals surface area (Å²) in [5.74, 6) is -1.08. The van der Waals surface area contributed by atoms with Crippen molar-refractivity contribution in [3.05, 3.63) is 54.1 Å². The molecule has 0 radical (unpaired) electrons. The van der Waals surface area contributed by atoms with E-state index in [2.05, 4.69) is 10.0 Å². The SMILES string of the molecule is CC(=O)Nc1ccc(S(=O)(=O)N[C@@H](CC(=O)[O-])c2ccc(OC(C)C)cc2)cc1. The maximum absolute atomic E-state index is 12.7. The number of anilines is 1. The quantitative estimate of drug-likeness (QED) is 0.636. The Balaban J connectivity index is 2.24. The number of carbonyl (C=O) groups excluding carboxylic acids is 2. The molecule has 156 valence electrons. The molecule has 1 amide bonds. The second kappa shape index (κ2) is 9.53. The summed E-state index contributed by atoms with van der Waals surface area (Å²) in [7, 11) is -4.01. The first kappa shape index (κ1) is 22.4. The molecule has 0 saturated carbocycles. The third-order valence-corrected chi connectivity index (χ3v) is 5.30. The minimum Gasteiger partial charge on any atom is -0.550 e. The average Bonchev–Trinajstić information content (AvgIpc) is 2.60. The summed E-state index contributed by atoms with van der Waals surface area (Å²) in [5.41, 5.74) is 0.909. The van der Waals surface area contributed by atoms with Crippen molar-refractivity contribution in [2.45, 2.75) is 44.2 Å². The zero-order chi connectivity index (χ0) is 21.6. The molecule has 0 aliphatic heterocycles. The maximum Gasteiger partial charge on any atom is 0.241 e. The fourth-order valence-corrected chi connectivity index (χ4v) is 3.85. The highest BCUT2D eigenvalue weighted by Gasteiger charge is 2.22. The Labute approximate surface area is 169 Å². The number of rotatable bonds is 9. The normalized spacial score (nSPS) is 12.4. The van der Waals surface area contributed by atoms with Gasteiger partial charge in [0.2, 0.25) is 15.9 Å². The van der Waals surface area contributed by atoms with Gasteiger partial charge in [-0.05, 0) is 55.8 Å². The van der Waals surface area contributed by atoms with E-state index in [0.717, 1.165) is 0 Å². The molecule has 2 aromatic carbocycles. The number of aliphatic carboxylic acids is 1. The van der Waals surface area contributed by atoms with Gasteiger partial charge in [-0.1, -0.05) is 12.1 Å². The van der Waals surface area contributed by atoms with Crippen LogP contribution in [0.4, 0.5) is 5.69 Å². The van der Waals surface area contributed by atoms with E-state index >= 15 is 0 Å². The number of hydrogen-bond donors (Lipinski definition) is 2. The zero-order valence-electron chi connectivity index (χ0n) is 16.3. The van der Waals surface area contributed by atoms with Crippen LogP contribution in [-0.2, 0) is 19.6 Å². The van der Waals surface area contributed by atoms with Gasteiger partial charge < -0.3 is 20.0 Å². The van der Waals surface area contributed by atoms with Crippen molar-refractivity contribution in [1.29, 1.82) is 0 Å². The molecule has 0 aromatic heterocycles. The molecule has 9 heteroatoms. The van der Waals surface area contributed by atoms with Crippen molar-refractivity contribution < 1.29 is 27.9 Å². The fourth-order valence-electron chi connectivity index (χ4n) is 2.62. The highest BCUT2D eigenvalue weighted by Crippen LogP contribution is 2.24. The number of carbonyl (C=O) groups is 2. The van der Waals surface area contributed by atoms with Crippen molar-refractivity contribution in [3.63, 3.8) is 0 Å². The summed E-state index contributed by atoms with van der Waals surface area (Å²) in [6.07, 6.45) is -0.563. The lowest BCUT2D eigenvalue weighted by Crippen LogP contribution is -2.34. The molecule has 0 aliphatic rings. The number of carboxylic acids is 1. The van der Waals surface area contributed by atoms with Crippen LogP contribution in [0, 0.1) is 0 Å². The van der Waals surface area contributed by atoms with Crippen LogP contribution in [0.3, 0.4) is 0 Å². The second-order valence-corrected chi connectivity index (χ2v) is 8.41. The molecule has 0 heterocycles. The van der Waals surface area contributed by atoms with Crippen LogP contribution in [0.15, 0.2) is 53.4 Å². The number of nitrogens with one attached hydrogen (secondary N) is 2. The molecule has 0 unspecified atom stereocenters. The Morgan fingerprint density at radius 2 is 1.62 bits per heavy atom. The van der Waals surface area contributed by atoms with Gasteiger partial charge in [0.1, 0.15) is 5.75 Å². The monoisotopic (exact) mass is 419 g/mol. The van der Waals surface area contributed by atoms with E-state index in [-0.39, 0.29) is 16.9 Å². The Kier molecular flexibility index (Phi) is 7.35. The topological polar surface area (TPSA) is 125 Å². The Morgan fingerprint density at radius 1 is 1.03 bits per heavy atom. The van der Waals surface area contributed by atoms with Crippen LogP contribution in [-0.4, -0.2) is 26.4 Å². The third-order valence-electron chi connectivity index (χ3n) is 3.81. The fraction of sp³-hybridized carbons (Fsp3) is 0.300. The number of sulfonamides is 1. The van der Waals surface area contributed by atoms with Crippen LogP contribution in [0.25, 0.3) is 0 Å². The predicted octanol–water partition coefficient (Wildman–Crippen LogP) is 1.59. The maximum atomic E-state index is 12.7. The Hall–Kier alpha value is -2.91. The van der Waals surface area contributed by atoms with Crippen LogP contribution in [0.2, 0.25) is 0 Å². The molecule has 2 rings (SSSR count). The molecular weight excluding hydrogens is 396 g/mol. The minimum atomic E-state index is -4.01. The van der Waals surface area contributed by atoms with Crippen LogP contribution in [0.1, 0.15) is 38.8 Å².